The van der Waals surface area contributed by atoms with E-state index in [9.17, 15) is 4.79 Å². The molecule has 1 amide bonds. The molecule has 8 heteroatoms. The second-order valence-corrected chi connectivity index (χ2v) is 5.46. The van der Waals surface area contributed by atoms with E-state index in [4.69, 9.17) is 16.9 Å². The molecule has 0 radical (unpaired) electrons. The Morgan fingerprint density at radius 3 is 2.79 bits per heavy atom. The summed E-state index contributed by atoms with van der Waals surface area (Å²) in [5, 5.41) is 10.0. The minimum Gasteiger partial charge on any atom is -0.370 e. The van der Waals surface area contributed by atoms with Gasteiger partial charge in [0.2, 0.25) is 5.91 Å². The first kappa shape index (κ1) is 15.5. The lowest BCUT2D eigenvalue weighted by molar-refractivity contribution is -0.113. The van der Waals surface area contributed by atoms with Crippen molar-refractivity contribution in [3.05, 3.63) is 28.2 Å². The molecule has 1 rings (SSSR count). The van der Waals surface area contributed by atoms with E-state index in [-0.39, 0.29) is 22.8 Å². The Balaban J connectivity index is 2.49. The van der Waals surface area contributed by atoms with Crippen LogP contribution in [0.5, 0.6) is 0 Å². The fourth-order valence-corrected chi connectivity index (χ4v) is 1.96. The van der Waals surface area contributed by atoms with Crippen LogP contribution < -0.4 is 16.8 Å². The summed E-state index contributed by atoms with van der Waals surface area (Å²) >= 11 is 4.34. The van der Waals surface area contributed by atoms with Crippen molar-refractivity contribution >= 4 is 50.4 Å². The summed E-state index contributed by atoms with van der Waals surface area (Å²) in [5.74, 6) is -0.339. The molecule has 1 aromatic carbocycles. The zero-order chi connectivity index (χ0) is 14.4. The SMILES string of the molecule is Cc1cc(NC(=O)CSC(=N)N=C(N)N)ccc1Br. The van der Waals surface area contributed by atoms with Gasteiger partial charge in [0, 0.05) is 10.2 Å². The van der Waals surface area contributed by atoms with Gasteiger partial charge in [0.1, 0.15) is 0 Å². The van der Waals surface area contributed by atoms with Gasteiger partial charge in [0.05, 0.1) is 5.75 Å². The van der Waals surface area contributed by atoms with Crippen LogP contribution in [0.1, 0.15) is 5.56 Å². The summed E-state index contributed by atoms with van der Waals surface area (Å²) in [4.78, 5) is 15.2. The molecular formula is C11H14BrN5OS. The van der Waals surface area contributed by atoms with Crippen molar-refractivity contribution in [2.45, 2.75) is 6.92 Å². The first-order valence-corrected chi connectivity index (χ1v) is 7.03. The van der Waals surface area contributed by atoms with E-state index >= 15 is 0 Å². The molecule has 0 aliphatic rings. The number of nitrogens with zero attached hydrogens (tertiary/aromatic N) is 1. The summed E-state index contributed by atoms with van der Waals surface area (Å²) in [7, 11) is 0. The molecule has 0 spiro atoms. The molecule has 0 aliphatic carbocycles. The molecule has 6 N–H and O–H groups in total. The number of carbonyl (C=O) groups is 1. The van der Waals surface area contributed by atoms with Crippen molar-refractivity contribution in [1.82, 2.24) is 0 Å². The Morgan fingerprint density at radius 1 is 1.53 bits per heavy atom. The molecule has 0 heterocycles. The number of aliphatic imine (C=N–C) groups is 1. The molecule has 6 nitrogen and oxygen atoms in total. The number of nitrogens with one attached hydrogen (secondary N) is 2. The molecule has 0 saturated heterocycles. The molecule has 0 saturated carbocycles. The van der Waals surface area contributed by atoms with E-state index < -0.39 is 0 Å². The van der Waals surface area contributed by atoms with Crippen molar-refractivity contribution in [3.8, 4) is 0 Å². The molecule has 19 heavy (non-hydrogen) atoms. The molecule has 0 bridgehead atoms. The van der Waals surface area contributed by atoms with Gasteiger partial charge in [-0.05, 0) is 30.7 Å². The standard InChI is InChI=1S/C11H14BrN5OS/c1-6-4-7(2-3-8(6)12)16-9(18)5-19-11(15)17-10(13)14/h2-4H,5H2,1H3,(H,16,18)(H5,13,14,15,17). The van der Waals surface area contributed by atoms with Gasteiger partial charge in [-0.25, -0.2) is 0 Å². The van der Waals surface area contributed by atoms with Gasteiger partial charge in [-0.2, -0.15) is 4.99 Å². The number of hydrogen-bond acceptors (Lipinski definition) is 3. The van der Waals surface area contributed by atoms with E-state index in [1.54, 1.807) is 6.07 Å². The quantitative estimate of drug-likeness (QED) is 0.492. The topological polar surface area (TPSA) is 117 Å². The minimum atomic E-state index is -0.220. The smallest absolute Gasteiger partial charge is 0.234 e. The molecule has 1 aromatic rings. The van der Waals surface area contributed by atoms with Crippen LogP contribution in [0.4, 0.5) is 5.69 Å². The highest BCUT2D eigenvalue weighted by molar-refractivity contribution is 9.10. The van der Waals surface area contributed by atoms with Crippen LogP contribution in [0.2, 0.25) is 0 Å². The molecule has 0 atom stereocenters. The van der Waals surface area contributed by atoms with E-state index in [2.05, 4.69) is 26.2 Å². The second kappa shape index (κ2) is 7.15. The largest absolute Gasteiger partial charge is 0.370 e. The Hall–Kier alpha value is -1.54. The van der Waals surface area contributed by atoms with Crippen LogP contribution in [0.25, 0.3) is 0 Å². The Morgan fingerprint density at radius 2 is 2.21 bits per heavy atom. The second-order valence-electron chi connectivity index (χ2n) is 3.64. The van der Waals surface area contributed by atoms with E-state index in [1.807, 2.05) is 19.1 Å². The normalized spacial score (nSPS) is 9.79. The van der Waals surface area contributed by atoms with Gasteiger partial charge in [0.25, 0.3) is 0 Å². The maximum atomic E-state index is 11.6. The zero-order valence-electron chi connectivity index (χ0n) is 10.2. The maximum Gasteiger partial charge on any atom is 0.234 e. The summed E-state index contributed by atoms with van der Waals surface area (Å²) in [6.07, 6.45) is 0. The first-order valence-electron chi connectivity index (χ1n) is 5.25. The van der Waals surface area contributed by atoms with Crippen molar-refractivity contribution in [1.29, 1.82) is 5.41 Å². The summed E-state index contributed by atoms with van der Waals surface area (Å²) in [5.41, 5.74) is 12.0. The average Bonchev–Trinajstić information content (AvgIpc) is 2.30. The average molecular weight is 344 g/mol. The van der Waals surface area contributed by atoms with Crippen molar-refractivity contribution in [3.63, 3.8) is 0 Å². The number of aryl methyl sites for hydroxylation is 1. The summed E-state index contributed by atoms with van der Waals surface area (Å²) < 4.78 is 0.981. The summed E-state index contributed by atoms with van der Waals surface area (Å²) in [6.45, 7) is 1.93. The molecule has 0 fully saturated rings. The first-order chi connectivity index (χ1) is 8.88. The van der Waals surface area contributed by atoms with Gasteiger partial charge in [-0.15, -0.1) is 0 Å². The molecule has 102 valence electrons. The van der Waals surface area contributed by atoms with Crippen LogP contribution in [0.3, 0.4) is 0 Å². The maximum absolute atomic E-state index is 11.6. The molecule has 0 aliphatic heterocycles. The highest BCUT2D eigenvalue weighted by Crippen LogP contribution is 2.20. The number of rotatable bonds is 3. The summed E-state index contributed by atoms with van der Waals surface area (Å²) in [6, 6.07) is 5.51. The lowest BCUT2D eigenvalue weighted by Crippen LogP contribution is -2.24. The lowest BCUT2D eigenvalue weighted by Gasteiger charge is -2.06. The fourth-order valence-electron chi connectivity index (χ4n) is 1.20. The van der Waals surface area contributed by atoms with E-state index in [0.717, 1.165) is 21.8 Å². The van der Waals surface area contributed by atoms with Crippen LogP contribution in [0.15, 0.2) is 27.7 Å². The lowest BCUT2D eigenvalue weighted by atomic mass is 10.2. The number of halogens is 1. The number of carbonyl (C=O) groups excluding carboxylic acids is 1. The number of guanidine groups is 1. The van der Waals surface area contributed by atoms with Crippen molar-refractivity contribution < 1.29 is 4.79 Å². The monoisotopic (exact) mass is 343 g/mol. The van der Waals surface area contributed by atoms with Crippen LogP contribution in [-0.2, 0) is 4.79 Å². The van der Waals surface area contributed by atoms with E-state index in [1.165, 1.54) is 0 Å². The van der Waals surface area contributed by atoms with E-state index in [0.29, 0.717) is 5.69 Å². The van der Waals surface area contributed by atoms with Gasteiger partial charge < -0.3 is 16.8 Å². The third-order valence-electron chi connectivity index (χ3n) is 2.01. The third kappa shape index (κ3) is 5.75. The van der Waals surface area contributed by atoms with Crippen molar-refractivity contribution in [2.75, 3.05) is 11.1 Å². The highest BCUT2D eigenvalue weighted by Gasteiger charge is 2.06. The van der Waals surface area contributed by atoms with Crippen LogP contribution in [-0.4, -0.2) is 22.8 Å². The Kier molecular flexibility index (Phi) is 5.84. The predicted octanol–water partition coefficient (Wildman–Crippen LogP) is 1.64. The van der Waals surface area contributed by atoms with Gasteiger partial charge in [-0.3, -0.25) is 10.2 Å². The molecule has 0 aromatic heterocycles. The molecule has 0 unspecified atom stereocenters. The number of thioether (sulfide) groups is 1. The predicted molar refractivity (Wildman–Crippen MR) is 83.5 cm³/mol. The third-order valence-corrected chi connectivity index (χ3v) is 3.67. The Bertz CT molecular complexity index is 528. The van der Waals surface area contributed by atoms with Gasteiger partial charge >= 0.3 is 0 Å². The number of amides is 1. The number of nitrogens with two attached hydrogens (primary N) is 2. The zero-order valence-corrected chi connectivity index (χ0v) is 12.6. The van der Waals surface area contributed by atoms with Gasteiger partial charge in [0.15, 0.2) is 11.1 Å². The number of benzene rings is 1. The molecular weight excluding hydrogens is 330 g/mol. The number of anilines is 1. The fraction of sp³-hybridized carbons (Fsp3) is 0.182. The van der Waals surface area contributed by atoms with Crippen molar-refractivity contribution in [2.24, 2.45) is 16.5 Å². The van der Waals surface area contributed by atoms with Crippen LogP contribution >= 0.6 is 27.7 Å². The highest BCUT2D eigenvalue weighted by atomic mass is 79.9. The minimum absolute atomic E-state index is 0.0741. The number of hydrogen-bond donors (Lipinski definition) is 4. The Labute approximate surface area is 123 Å². The van der Waals surface area contributed by atoms with Crippen LogP contribution in [0, 0.1) is 12.3 Å². The van der Waals surface area contributed by atoms with Gasteiger partial charge in [-0.1, -0.05) is 27.7 Å². The number of amidine groups is 1.